The fourth-order valence-corrected chi connectivity index (χ4v) is 1.57. The highest BCUT2D eigenvalue weighted by Crippen LogP contribution is 2.25. The first-order valence-electron chi connectivity index (χ1n) is 4.22. The maximum absolute atomic E-state index is 13.3. The highest BCUT2D eigenvalue weighted by Gasteiger charge is 2.08. The van der Waals surface area contributed by atoms with Crippen molar-refractivity contribution in [1.29, 1.82) is 0 Å². The average Bonchev–Trinajstić information content (AvgIpc) is 2.21. The maximum Gasteiger partial charge on any atom is 0.147 e. The number of aliphatic hydroxyl groups is 2. The van der Waals surface area contributed by atoms with Crippen molar-refractivity contribution in [3.63, 3.8) is 0 Å². The summed E-state index contributed by atoms with van der Waals surface area (Å²) in [6.07, 6.45) is -0.905. The molecule has 3 N–H and O–H groups in total. The third kappa shape index (κ3) is 3.75. The standard InChI is InChI=1S/C9H10ClFINO2/c10-6-1-7(11)9(2-8(6)12)13-3-5(15)4-14/h1-2,5,13-15H,3-4H2. The van der Waals surface area contributed by atoms with Gasteiger partial charge in [0, 0.05) is 10.1 Å². The highest BCUT2D eigenvalue weighted by atomic mass is 127. The summed E-state index contributed by atoms with van der Waals surface area (Å²) in [6, 6.07) is 2.75. The van der Waals surface area contributed by atoms with Crippen molar-refractivity contribution in [2.45, 2.75) is 6.10 Å². The number of hydrogen-bond donors (Lipinski definition) is 3. The van der Waals surface area contributed by atoms with Gasteiger partial charge in [-0.25, -0.2) is 4.39 Å². The zero-order valence-electron chi connectivity index (χ0n) is 7.67. The first kappa shape index (κ1) is 13.0. The second-order valence-corrected chi connectivity index (χ2v) is 4.53. The summed E-state index contributed by atoms with van der Waals surface area (Å²) < 4.78 is 14.0. The summed E-state index contributed by atoms with van der Waals surface area (Å²) in [6.45, 7) is -0.273. The minimum Gasteiger partial charge on any atom is -0.394 e. The van der Waals surface area contributed by atoms with Gasteiger partial charge in [0.15, 0.2) is 0 Å². The molecule has 1 aromatic carbocycles. The smallest absolute Gasteiger partial charge is 0.147 e. The topological polar surface area (TPSA) is 52.5 Å². The molecular formula is C9H10ClFINO2. The van der Waals surface area contributed by atoms with Gasteiger partial charge >= 0.3 is 0 Å². The van der Waals surface area contributed by atoms with Crippen molar-refractivity contribution < 1.29 is 14.6 Å². The van der Waals surface area contributed by atoms with E-state index in [9.17, 15) is 4.39 Å². The Hall–Kier alpha value is -0.110. The van der Waals surface area contributed by atoms with Crippen LogP contribution in [0.3, 0.4) is 0 Å². The van der Waals surface area contributed by atoms with E-state index in [2.05, 4.69) is 5.32 Å². The molecule has 1 unspecified atom stereocenters. The Morgan fingerprint density at radius 3 is 2.80 bits per heavy atom. The Labute approximate surface area is 105 Å². The van der Waals surface area contributed by atoms with Crippen LogP contribution in [0.1, 0.15) is 0 Å². The first-order valence-corrected chi connectivity index (χ1v) is 5.67. The number of benzene rings is 1. The maximum atomic E-state index is 13.3. The van der Waals surface area contributed by atoms with Gasteiger partial charge in [0.25, 0.3) is 0 Å². The molecule has 15 heavy (non-hydrogen) atoms. The lowest BCUT2D eigenvalue weighted by Gasteiger charge is -2.11. The van der Waals surface area contributed by atoms with E-state index in [1.165, 1.54) is 6.07 Å². The molecule has 6 heteroatoms. The summed E-state index contributed by atoms with van der Waals surface area (Å²) in [4.78, 5) is 0. The van der Waals surface area contributed by atoms with E-state index in [-0.39, 0.29) is 18.8 Å². The quantitative estimate of drug-likeness (QED) is 0.577. The lowest BCUT2D eigenvalue weighted by molar-refractivity contribution is 0.105. The second kappa shape index (κ2) is 5.83. The van der Waals surface area contributed by atoms with E-state index >= 15 is 0 Å². The van der Waals surface area contributed by atoms with Gasteiger partial charge in [0.1, 0.15) is 5.82 Å². The van der Waals surface area contributed by atoms with Gasteiger partial charge in [-0.1, -0.05) is 11.6 Å². The SMILES string of the molecule is OCC(O)CNc1cc(I)c(Cl)cc1F. The molecule has 0 aliphatic carbocycles. The van der Waals surface area contributed by atoms with Crippen LogP contribution in [0.4, 0.5) is 10.1 Å². The molecule has 0 bridgehead atoms. The van der Waals surface area contributed by atoms with Crippen LogP contribution in [0.25, 0.3) is 0 Å². The fourth-order valence-electron chi connectivity index (χ4n) is 0.950. The van der Waals surface area contributed by atoms with Crippen LogP contribution in [-0.2, 0) is 0 Å². The largest absolute Gasteiger partial charge is 0.394 e. The molecule has 0 spiro atoms. The molecule has 1 atom stereocenters. The van der Waals surface area contributed by atoms with Gasteiger partial charge in [-0.05, 0) is 34.7 Å². The minimum absolute atomic E-state index is 0.0884. The minimum atomic E-state index is -0.905. The van der Waals surface area contributed by atoms with E-state index < -0.39 is 11.9 Å². The van der Waals surface area contributed by atoms with Gasteiger partial charge in [0.2, 0.25) is 0 Å². The monoisotopic (exact) mass is 345 g/mol. The molecule has 0 radical (unpaired) electrons. The van der Waals surface area contributed by atoms with Gasteiger partial charge < -0.3 is 15.5 Å². The summed E-state index contributed by atoms with van der Waals surface area (Å²) >= 11 is 7.69. The van der Waals surface area contributed by atoms with Gasteiger partial charge in [-0.3, -0.25) is 0 Å². The van der Waals surface area contributed by atoms with Crippen molar-refractivity contribution in [3.05, 3.63) is 26.5 Å². The van der Waals surface area contributed by atoms with Gasteiger partial charge in [0.05, 0.1) is 23.4 Å². The number of rotatable bonds is 4. The third-order valence-electron chi connectivity index (χ3n) is 1.75. The molecule has 1 aromatic rings. The van der Waals surface area contributed by atoms with Crippen molar-refractivity contribution in [2.24, 2.45) is 0 Å². The van der Waals surface area contributed by atoms with Crippen LogP contribution in [0.5, 0.6) is 0 Å². The van der Waals surface area contributed by atoms with Crippen molar-refractivity contribution in [3.8, 4) is 0 Å². The molecule has 0 aliphatic rings. The molecule has 0 saturated heterocycles. The number of aliphatic hydroxyl groups excluding tert-OH is 2. The zero-order valence-corrected chi connectivity index (χ0v) is 10.6. The lowest BCUT2D eigenvalue weighted by atomic mass is 10.3. The van der Waals surface area contributed by atoms with Crippen molar-refractivity contribution in [1.82, 2.24) is 0 Å². The van der Waals surface area contributed by atoms with Crippen LogP contribution < -0.4 is 5.32 Å². The van der Waals surface area contributed by atoms with E-state index in [0.29, 0.717) is 5.02 Å². The Bertz CT molecular complexity index is 351. The van der Waals surface area contributed by atoms with Crippen LogP contribution in [0, 0.1) is 9.39 Å². The Kier molecular flexibility index (Phi) is 5.04. The summed E-state index contributed by atoms with van der Waals surface area (Å²) in [5, 5.41) is 20.7. The summed E-state index contributed by atoms with van der Waals surface area (Å²) in [5.74, 6) is -0.481. The normalized spacial score (nSPS) is 12.6. The van der Waals surface area contributed by atoms with Crippen LogP contribution in [0.15, 0.2) is 12.1 Å². The number of hydrogen-bond acceptors (Lipinski definition) is 3. The number of halogens is 3. The first-order chi connectivity index (χ1) is 7.04. The molecule has 0 saturated carbocycles. The zero-order chi connectivity index (χ0) is 11.4. The summed E-state index contributed by atoms with van der Waals surface area (Å²) in [7, 11) is 0. The van der Waals surface area contributed by atoms with Gasteiger partial charge in [-0.2, -0.15) is 0 Å². The predicted molar refractivity (Wildman–Crippen MR) is 65.7 cm³/mol. The molecule has 0 fully saturated rings. The Morgan fingerprint density at radius 1 is 1.53 bits per heavy atom. The van der Waals surface area contributed by atoms with Crippen LogP contribution in [0.2, 0.25) is 5.02 Å². The van der Waals surface area contributed by atoms with E-state index in [1.54, 1.807) is 6.07 Å². The third-order valence-corrected chi connectivity index (χ3v) is 3.27. The molecular weight excluding hydrogens is 335 g/mol. The second-order valence-electron chi connectivity index (χ2n) is 2.96. The van der Waals surface area contributed by atoms with E-state index in [0.717, 1.165) is 3.57 Å². The highest BCUT2D eigenvalue weighted by molar-refractivity contribution is 14.1. The van der Waals surface area contributed by atoms with Crippen LogP contribution in [-0.4, -0.2) is 29.5 Å². The predicted octanol–water partition coefficient (Wildman–Crippen LogP) is 1.85. The molecule has 0 amide bonds. The lowest BCUT2D eigenvalue weighted by Crippen LogP contribution is -2.23. The molecule has 84 valence electrons. The average molecular weight is 346 g/mol. The summed E-state index contributed by atoms with van der Waals surface area (Å²) in [5.41, 5.74) is 0.260. The van der Waals surface area contributed by atoms with E-state index in [4.69, 9.17) is 21.8 Å². The Morgan fingerprint density at radius 2 is 2.20 bits per heavy atom. The molecule has 0 heterocycles. The van der Waals surface area contributed by atoms with Crippen molar-refractivity contribution in [2.75, 3.05) is 18.5 Å². The van der Waals surface area contributed by atoms with Crippen molar-refractivity contribution >= 4 is 39.9 Å². The number of nitrogens with one attached hydrogen (secondary N) is 1. The van der Waals surface area contributed by atoms with E-state index in [1.807, 2.05) is 22.6 Å². The Balaban J connectivity index is 2.73. The van der Waals surface area contributed by atoms with Gasteiger partial charge in [-0.15, -0.1) is 0 Å². The molecule has 3 nitrogen and oxygen atoms in total. The fraction of sp³-hybridized carbons (Fsp3) is 0.333. The molecule has 0 aliphatic heterocycles. The molecule has 1 rings (SSSR count). The molecule has 0 aromatic heterocycles. The van der Waals surface area contributed by atoms with Crippen LogP contribution >= 0.6 is 34.2 Å². The number of anilines is 1.